The molecule has 2 amide bonds. The molecule has 0 saturated carbocycles. The maximum absolute atomic E-state index is 12.7. The molecule has 150 valence electrons. The molecule has 0 aliphatic carbocycles. The Bertz CT molecular complexity index is 1010. The van der Waals surface area contributed by atoms with Crippen LogP contribution in [0.2, 0.25) is 0 Å². The number of rotatable bonds is 2. The number of nitrogens with one attached hydrogen (secondary N) is 2. The van der Waals surface area contributed by atoms with E-state index in [-0.39, 0.29) is 0 Å². The third kappa shape index (κ3) is 3.65. The smallest absolute Gasteiger partial charge is 0.319 e. The molecule has 0 saturated heterocycles. The van der Waals surface area contributed by atoms with E-state index in [4.69, 9.17) is 4.74 Å². The summed E-state index contributed by atoms with van der Waals surface area (Å²) in [7, 11) is 2.06. The van der Waals surface area contributed by atoms with Crippen molar-refractivity contribution in [3.05, 3.63) is 58.7 Å². The Morgan fingerprint density at radius 2 is 2.00 bits per heavy atom. The van der Waals surface area contributed by atoms with Crippen LogP contribution in [-0.4, -0.2) is 34.8 Å². The van der Waals surface area contributed by atoms with Gasteiger partial charge in [0.2, 0.25) is 0 Å². The lowest BCUT2D eigenvalue weighted by Gasteiger charge is -2.42. The van der Waals surface area contributed by atoms with Crippen molar-refractivity contribution in [2.24, 2.45) is 0 Å². The zero-order valence-electron chi connectivity index (χ0n) is 16.7. The van der Waals surface area contributed by atoms with Crippen LogP contribution in [0.1, 0.15) is 42.1 Å². The highest BCUT2D eigenvalue weighted by atomic mass is 16.5. The van der Waals surface area contributed by atoms with Crippen LogP contribution in [0.4, 0.5) is 10.5 Å². The predicted molar refractivity (Wildman–Crippen MR) is 108 cm³/mol. The third-order valence-electron chi connectivity index (χ3n) is 5.51. The van der Waals surface area contributed by atoms with Gasteiger partial charge in [-0.15, -0.1) is 0 Å². The fourth-order valence-electron chi connectivity index (χ4n) is 3.98. The van der Waals surface area contributed by atoms with Gasteiger partial charge in [0.15, 0.2) is 0 Å². The van der Waals surface area contributed by atoms with E-state index in [0.717, 1.165) is 13.1 Å². The number of nitrogens with zero attached hydrogens (tertiary/aromatic N) is 2. The zero-order chi connectivity index (χ0) is 20.8. The van der Waals surface area contributed by atoms with Crippen LogP contribution < -0.4 is 15.4 Å². The minimum absolute atomic E-state index is 0.425. The van der Waals surface area contributed by atoms with E-state index in [0.29, 0.717) is 22.6 Å². The molecule has 0 fully saturated rings. The minimum atomic E-state index is -0.983. The molecule has 2 heterocycles. The summed E-state index contributed by atoms with van der Waals surface area (Å²) in [6.45, 7) is 5.29. The van der Waals surface area contributed by atoms with Crippen molar-refractivity contribution in [3.8, 4) is 11.8 Å². The Morgan fingerprint density at radius 1 is 1.24 bits per heavy atom. The Balaban J connectivity index is 1.56. The Hall–Kier alpha value is -3.08. The number of carbonyl (C=O) groups excluding carboxylic acids is 1. The molecule has 4 rings (SSSR count). The summed E-state index contributed by atoms with van der Waals surface area (Å²) in [5, 5.41) is 25.7. The maximum Gasteiger partial charge on any atom is 0.319 e. The van der Waals surface area contributed by atoms with Crippen molar-refractivity contribution in [1.29, 1.82) is 5.26 Å². The zero-order valence-corrected chi connectivity index (χ0v) is 16.7. The average molecular weight is 392 g/mol. The largest absolute Gasteiger partial charge is 0.485 e. The summed E-state index contributed by atoms with van der Waals surface area (Å²) in [4.78, 5) is 14.9. The van der Waals surface area contributed by atoms with E-state index in [1.807, 2.05) is 18.2 Å². The number of nitriles is 1. The molecule has 2 aromatic rings. The van der Waals surface area contributed by atoms with Crippen molar-refractivity contribution in [2.75, 3.05) is 12.4 Å². The molecule has 7 nitrogen and oxygen atoms in total. The number of benzene rings is 2. The number of aliphatic hydroxyl groups excluding tert-OH is 1. The number of fused-ring (bicyclic) bond motifs is 2. The summed E-state index contributed by atoms with van der Waals surface area (Å²) in [6.07, 6.45) is -0.983. The van der Waals surface area contributed by atoms with Crippen LogP contribution in [0.3, 0.4) is 0 Å². The lowest BCUT2D eigenvalue weighted by atomic mass is 9.86. The number of hydrogen-bond donors (Lipinski definition) is 3. The molecule has 29 heavy (non-hydrogen) atoms. The van der Waals surface area contributed by atoms with Crippen molar-refractivity contribution in [2.45, 2.75) is 44.7 Å². The minimum Gasteiger partial charge on any atom is -0.485 e. The second kappa shape index (κ2) is 7.07. The van der Waals surface area contributed by atoms with Crippen LogP contribution in [-0.2, 0) is 13.1 Å². The van der Waals surface area contributed by atoms with Gasteiger partial charge in [0, 0.05) is 24.3 Å². The van der Waals surface area contributed by atoms with Gasteiger partial charge in [0.1, 0.15) is 17.5 Å². The highest BCUT2D eigenvalue weighted by Crippen LogP contribution is 2.40. The highest BCUT2D eigenvalue weighted by molar-refractivity contribution is 5.90. The fraction of sp³-hybridized carbons (Fsp3) is 0.364. The summed E-state index contributed by atoms with van der Waals surface area (Å²) >= 11 is 0. The molecular weight excluding hydrogens is 368 g/mol. The number of hydrogen-bond acceptors (Lipinski definition) is 5. The summed E-state index contributed by atoms with van der Waals surface area (Å²) in [6, 6.07) is 11.8. The normalized spacial score (nSPS) is 22.0. The number of carbonyl (C=O) groups is 1. The van der Waals surface area contributed by atoms with Gasteiger partial charge in [-0.3, -0.25) is 4.90 Å². The van der Waals surface area contributed by atoms with Crippen LogP contribution in [0, 0.1) is 11.3 Å². The topological polar surface area (TPSA) is 97.6 Å². The lowest BCUT2D eigenvalue weighted by molar-refractivity contribution is -0.0618. The molecular formula is C22H24N4O3. The van der Waals surface area contributed by atoms with Crippen molar-refractivity contribution in [3.63, 3.8) is 0 Å². The standard InChI is InChI=1S/C22H24N4O3/c1-22(2)20(27)19(17-8-13(10-23)4-7-18(17)29-22)25-21(28)24-16-6-5-14-11-26(3)12-15(14)9-16/h4-9,19-20,27H,11-12H2,1-3H3,(H2,24,25,28). The number of ether oxygens (including phenoxy) is 1. The predicted octanol–water partition coefficient (Wildman–Crippen LogP) is 2.90. The van der Waals surface area contributed by atoms with E-state index in [1.165, 1.54) is 11.1 Å². The molecule has 2 unspecified atom stereocenters. The van der Waals surface area contributed by atoms with Gasteiger partial charge < -0.3 is 20.5 Å². The molecule has 7 heteroatoms. The van der Waals surface area contributed by atoms with Crippen molar-refractivity contribution < 1.29 is 14.6 Å². The van der Waals surface area contributed by atoms with E-state index in [9.17, 15) is 15.2 Å². The third-order valence-corrected chi connectivity index (χ3v) is 5.51. The van der Waals surface area contributed by atoms with E-state index < -0.39 is 23.8 Å². The number of anilines is 1. The second-order valence-corrected chi connectivity index (χ2v) is 8.25. The maximum atomic E-state index is 12.7. The number of aliphatic hydroxyl groups is 1. The van der Waals surface area contributed by atoms with Gasteiger partial charge in [-0.2, -0.15) is 5.26 Å². The first-order valence-corrected chi connectivity index (χ1v) is 9.56. The second-order valence-electron chi connectivity index (χ2n) is 8.25. The van der Waals surface area contributed by atoms with Crippen LogP contribution in [0.15, 0.2) is 36.4 Å². The molecule has 2 aromatic carbocycles. The van der Waals surface area contributed by atoms with Crippen LogP contribution in [0.25, 0.3) is 0 Å². The molecule has 3 N–H and O–H groups in total. The molecule has 2 atom stereocenters. The van der Waals surface area contributed by atoms with Gasteiger partial charge in [-0.25, -0.2) is 4.79 Å². The number of amides is 2. The molecule has 2 aliphatic rings. The Kier molecular flexibility index (Phi) is 4.69. The Labute approximate surface area is 169 Å². The first-order chi connectivity index (χ1) is 13.8. The molecule has 2 aliphatic heterocycles. The van der Waals surface area contributed by atoms with Gasteiger partial charge in [0.05, 0.1) is 17.7 Å². The van der Waals surface area contributed by atoms with E-state index in [1.54, 1.807) is 32.0 Å². The summed E-state index contributed by atoms with van der Waals surface area (Å²) in [5.74, 6) is 0.546. The van der Waals surface area contributed by atoms with Gasteiger partial charge >= 0.3 is 6.03 Å². The molecule has 0 aromatic heterocycles. The van der Waals surface area contributed by atoms with E-state index in [2.05, 4.69) is 28.7 Å². The van der Waals surface area contributed by atoms with Crippen molar-refractivity contribution in [1.82, 2.24) is 10.2 Å². The monoisotopic (exact) mass is 392 g/mol. The number of urea groups is 1. The first kappa shape index (κ1) is 19.2. The molecule has 0 bridgehead atoms. The first-order valence-electron chi connectivity index (χ1n) is 9.56. The van der Waals surface area contributed by atoms with Gasteiger partial charge in [0.25, 0.3) is 0 Å². The average Bonchev–Trinajstić information content (AvgIpc) is 3.04. The van der Waals surface area contributed by atoms with Crippen LogP contribution >= 0.6 is 0 Å². The molecule has 0 radical (unpaired) electrons. The highest BCUT2D eigenvalue weighted by Gasteiger charge is 2.43. The fourth-order valence-corrected chi connectivity index (χ4v) is 3.98. The van der Waals surface area contributed by atoms with Gasteiger partial charge in [-0.1, -0.05) is 6.07 Å². The summed E-state index contributed by atoms with van der Waals surface area (Å²) < 4.78 is 5.89. The van der Waals surface area contributed by atoms with Crippen LogP contribution in [0.5, 0.6) is 5.75 Å². The summed E-state index contributed by atoms with van der Waals surface area (Å²) in [5.41, 5.74) is 3.29. The van der Waals surface area contributed by atoms with Gasteiger partial charge in [-0.05, 0) is 62.4 Å². The quantitative estimate of drug-likeness (QED) is 0.730. The Morgan fingerprint density at radius 3 is 2.76 bits per heavy atom. The molecule has 0 spiro atoms. The van der Waals surface area contributed by atoms with E-state index >= 15 is 0 Å². The SMILES string of the molecule is CN1Cc2ccc(NC(=O)NC3c4cc(C#N)ccc4OC(C)(C)C3O)cc2C1. The van der Waals surface area contributed by atoms with Crippen molar-refractivity contribution >= 4 is 11.7 Å². The lowest BCUT2D eigenvalue weighted by Crippen LogP contribution is -2.54.